The van der Waals surface area contributed by atoms with Crippen molar-refractivity contribution in [3.05, 3.63) is 94.5 Å². The van der Waals surface area contributed by atoms with Crippen LogP contribution in [-0.2, 0) is 0 Å². The minimum absolute atomic E-state index is 0.572. The molecule has 0 saturated carbocycles. The lowest BCUT2D eigenvalue weighted by atomic mass is 10.2. The van der Waals surface area contributed by atoms with E-state index in [0.29, 0.717) is 15.7 Å². The number of halogens is 2. The van der Waals surface area contributed by atoms with Crippen molar-refractivity contribution in [3.63, 3.8) is 0 Å². The van der Waals surface area contributed by atoms with Crippen LogP contribution in [-0.4, -0.2) is 5.84 Å². The third kappa shape index (κ3) is 3.14. The van der Waals surface area contributed by atoms with E-state index in [1.165, 1.54) is 0 Å². The van der Waals surface area contributed by atoms with Crippen molar-refractivity contribution < 1.29 is 0 Å². The van der Waals surface area contributed by atoms with Crippen LogP contribution in [0, 0.1) is 0 Å². The number of nitrogens with zero attached hydrogens (tertiary/aromatic N) is 3. The molecule has 0 radical (unpaired) electrons. The van der Waals surface area contributed by atoms with Crippen molar-refractivity contribution in [1.82, 2.24) is 5.43 Å². The molecule has 0 aliphatic carbocycles. The van der Waals surface area contributed by atoms with Crippen molar-refractivity contribution >= 4 is 40.4 Å². The van der Waals surface area contributed by atoms with E-state index in [2.05, 4.69) is 5.43 Å². The Hall–Kier alpha value is -2.69. The molecule has 1 N–H and O–H groups in total. The Bertz CT molecular complexity index is 913. The molecule has 1 aliphatic rings. The van der Waals surface area contributed by atoms with Gasteiger partial charge in [-0.15, -0.1) is 5.10 Å². The van der Waals surface area contributed by atoms with Gasteiger partial charge in [0.15, 0.2) is 5.84 Å². The quantitative estimate of drug-likeness (QED) is 0.697. The van der Waals surface area contributed by atoms with Crippen molar-refractivity contribution in [2.24, 2.45) is 5.10 Å². The van der Waals surface area contributed by atoms with Gasteiger partial charge in [-0.25, -0.2) is 0 Å². The number of hydrogen-bond acceptors (Lipinski definition) is 4. The molecular formula is C19H14Cl2N4. The van der Waals surface area contributed by atoms with Crippen LogP contribution in [0.3, 0.4) is 0 Å². The van der Waals surface area contributed by atoms with Crippen LogP contribution in [0.25, 0.3) is 0 Å². The highest BCUT2D eigenvalue weighted by molar-refractivity contribution is 6.35. The maximum absolute atomic E-state index is 6.40. The maximum Gasteiger partial charge on any atom is 0.176 e. The first-order valence-corrected chi connectivity index (χ1v) is 8.49. The maximum atomic E-state index is 6.40. The zero-order valence-corrected chi connectivity index (χ0v) is 14.6. The molecule has 0 atom stereocenters. The summed E-state index contributed by atoms with van der Waals surface area (Å²) in [5.41, 5.74) is 5.90. The van der Waals surface area contributed by atoms with Crippen molar-refractivity contribution in [2.75, 3.05) is 10.2 Å². The van der Waals surface area contributed by atoms with Gasteiger partial charge in [0.1, 0.15) is 5.69 Å². The highest BCUT2D eigenvalue weighted by atomic mass is 35.5. The summed E-state index contributed by atoms with van der Waals surface area (Å²) < 4.78 is 0. The molecule has 1 aliphatic heterocycles. The number of hydrazone groups is 1. The van der Waals surface area contributed by atoms with Crippen LogP contribution in [0.4, 0.5) is 11.4 Å². The number of nitrogens with one attached hydrogen (secondary N) is 1. The molecule has 3 aromatic rings. The third-order valence-electron chi connectivity index (χ3n) is 3.77. The fourth-order valence-corrected chi connectivity index (χ4v) is 2.94. The number of anilines is 2. The van der Waals surface area contributed by atoms with Gasteiger partial charge >= 0.3 is 0 Å². The average Bonchev–Trinajstić information content (AvgIpc) is 3.10. The highest BCUT2D eigenvalue weighted by Crippen LogP contribution is 2.33. The standard InChI is InChI=1S/C19H14Cl2N4/c20-15-11-12-17(21)18(13-15)25-23-19(14-7-3-1-4-8-14)22-24(25)16-9-5-2-6-10-16/h1-13H,(H,22,23). The molecule has 3 aromatic carbocycles. The van der Waals surface area contributed by atoms with Gasteiger partial charge in [0.05, 0.1) is 10.7 Å². The second kappa shape index (κ2) is 6.67. The molecule has 124 valence electrons. The fraction of sp³-hybridized carbons (Fsp3) is 0. The van der Waals surface area contributed by atoms with E-state index in [9.17, 15) is 0 Å². The molecule has 0 amide bonds. The first-order valence-electron chi connectivity index (χ1n) is 7.73. The SMILES string of the molecule is Clc1ccc(Cl)c(N2NC(c3ccccc3)=NN2c2ccccc2)c1. The van der Waals surface area contributed by atoms with E-state index in [-0.39, 0.29) is 0 Å². The Morgan fingerprint density at radius 1 is 0.800 bits per heavy atom. The summed E-state index contributed by atoms with van der Waals surface area (Å²) in [6.07, 6.45) is 0. The van der Waals surface area contributed by atoms with E-state index in [0.717, 1.165) is 17.1 Å². The number of amidine groups is 1. The second-order valence-corrected chi connectivity index (χ2v) is 6.30. The van der Waals surface area contributed by atoms with Crippen LogP contribution in [0.2, 0.25) is 10.0 Å². The van der Waals surface area contributed by atoms with Gasteiger partial charge in [0, 0.05) is 10.6 Å². The van der Waals surface area contributed by atoms with Crippen molar-refractivity contribution in [1.29, 1.82) is 0 Å². The Kier molecular flexibility index (Phi) is 4.22. The molecule has 0 spiro atoms. The zero-order chi connectivity index (χ0) is 17.2. The first kappa shape index (κ1) is 15.8. The smallest absolute Gasteiger partial charge is 0.176 e. The summed E-state index contributed by atoms with van der Waals surface area (Å²) in [6, 6.07) is 25.1. The number of hydrogen-bond donors (Lipinski definition) is 1. The van der Waals surface area contributed by atoms with Crippen molar-refractivity contribution in [2.45, 2.75) is 0 Å². The van der Waals surface area contributed by atoms with Gasteiger partial charge in [-0.1, -0.05) is 71.7 Å². The van der Waals surface area contributed by atoms with E-state index < -0.39 is 0 Å². The molecule has 0 fully saturated rings. The molecule has 4 rings (SSSR count). The van der Waals surface area contributed by atoms with Crippen LogP contribution in [0.5, 0.6) is 0 Å². The molecule has 0 unspecified atom stereocenters. The van der Waals surface area contributed by atoms with Crippen LogP contribution >= 0.6 is 23.2 Å². The summed E-state index contributed by atoms with van der Waals surface area (Å²) in [6.45, 7) is 0. The van der Waals surface area contributed by atoms with Gasteiger partial charge in [-0.05, 0) is 30.3 Å². The lowest BCUT2D eigenvalue weighted by Crippen LogP contribution is -2.44. The molecular weight excluding hydrogens is 355 g/mol. The normalized spacial score (nSPS) is 13.6. The number of rotatable bonds is 3. The molecule has 0 bridgehead atoms. The van der Waals surface area contributed by atoms with E-state index >= 15 is 0 Å². The Morgan fingerprint density at radius 3 is 2.20 bits per heavy atom. The Morgan fingerprint density at radius 2 is 1.48 bits per heavy atom. The minimum atomic E-state index is 0.572. The average molecular weight is 369 g/mol. The lowest BCUT2D eigenvalue weighted by Gasteiger charge is -2.28. The molecule has 1 heterocycles. The largest absolute Gasteiger partial charge is 0.259 e. The fourth-order valence-electron chi connectivity index (χ4n) is 2.57. The van der Waals surface area contributed by atoms with E-state index in [4.69, 9.17) is 28.3 Å². The zero-order valence-electron chi connectivity index (χ0n) is 13.1. The first-order chi connectivity index (χ1) is 12.2. The second-order valence-electron chi connectivity index (χ2n) is 5.46. The van der Waals surface area contributed by atoms with Crippen LogP contribution in [0.1, 0.15) is 5.56 Å². The monoisotopic (exact) mass is 368 g/mol. The molecule has 25 heavy (non-hydrogen) atoms. The number of benzene rings is 3. The van der Waals surface area contributed by atoms with Gasteiger partial charge in [0.2, 0.25) is 0 Å². The van der Waals surface area contributed by atoms with Crippen LogP contribution in [0.15, 0.2) is 84.0 Å². The van der Waals surface area contributed by atoms with Crippen LogP contribution < -0.4 is 15.7 Å². The van der Waals surface area contributed by atoms with Gasteiger partial charge in [-0.3, -0.25) is 5.43 Å². The predicted octanol–water partition coefficient (Wildman–Crippen LogP) is 5.10. The Balaban J connectivity index is 1.79. The molecule has 0 saturated heterocycles. The van der Waals surface area contributed by atoms with Gasteiger partial charge in [0.25, 0.3) is 0 Å². The summed E-state index contributed by atoms with van der Waals surface area (Å²) in [5, 5.41) is 9.44. The Labute approximate surface area is 155 Å². The highest BCUT2D eigenvalue weighted by Gasteiger charge is 2.27. The number of hydrazine groups is 2. The van der Waals surface area contributed by atoms with Crippen molar-refractivity contribution in [3.8, 4) is 0 Å². The van der Waals surface area contributed by atoms with Gasteiger partial charge < -0.3 is 0 Å². The lowest BCUT2D eigenvalue weighted by molar-refractivity contribution is 0.771. The summed E-state index contributed by atoms with van der Waals surface area (Å²) in [4.78, 5) is 0. The topological polar surface area (TPSA) is 30.9 Å². The summed E-state index contributed by atoms with van der Waals surface area (Å²) in [7, 11) is 0. The van der Waals surface area contributed by atoms with E-state index in [1.54, 1.807) is 28.4 Å². The molecule has 0 aromatic heterocycles. The number of para-hydroxylation sites is 1. The molecule has 6 heteroatoms. The molecule has 4 nitrogen and oxygen atoms in total. The van der Waals surface area contributed by atoms with Gasteiger partial charge in [-0.2, -0.15) is 10.2 Å². The minimum Gasteiger partial charge on any atom is -0.259 e. The predicted molar refractivity (Wildman–Crippen MR) is 104 cm³/mol. The third-order valence-corrected chi connectivity index (χ3v) is 4.32. The van der Waals surface area contributed by atoms with E-state index in [1.807, 2.05) is 60.7 Å². The summed E-state index contributed by atoms with van der Waals surface area (Å²) in [5.74, 6) is 0.723. The summed E-state index contributed by atoms with van der Waals surface area (Å²) >= 11 is 12.6.